The Bertz CT molecular complexity index is 401. The number of benzene rings is 1. The first kappa shape index (κ1) is 11.9. The van der Waals surface area contributed by atoms with Crippen molar-refractivity contribution in [2.24, 2.45) is 0 Å². The third kappa shape index (κ3) is 2.98. The highest BCUT2D eigenvalue weighted by Gasteiger charge is 2.17. The number of hydrogen-bond donors (Lipinski definition) is 2. The van der Waals surface area contributed by atoms with Crippen LogP contribution in [0.4, 0.5) is 11.4 Å². The van der Waals surface area contributed by atoms with E-state index in [0.717, 1.165) is 40.2 Å². The second-order valence-corrected chi connectivity index (χ2v) is 6.61. The molecule has 0 amide bonds. The number of anilines is 2. The van der Waals surface area contributed by atoms with Crippen LogP contribution in [0.25, 0.3) is 0 Å². The van der Waals surface area contributed by atoms with Gasteiger partial charge in [0.2, 0.25) is 0 Å². The molecule has 1 aliphatic rings. The smallest absolute Gasteiger partial charge is 0.0576 e. The molecule has 1 heterocycles. The molecule has 0 unspecified atom stereocenters. The Morgan fingerprint density at radius 1 is 1.38 bits per heavy atom. The van der Waals surface area contributed by atoms with Gasteiger partial charge in [0.1, 0.15) is 0 Å². The topological polar surface area (TPSA) is 55.1 Å². The van der Waals surface area contributed by atoms with Crippen LogP contribution in [0.15, 0.2) is 22.7 Å². The Kier molecular flexibility index (Phi) is 3.86. The summed E-state index contributed by atoms with van der Waals surface area (Å²) >= 11 is 3.38. The monoisotopic (exact) mass is 302 g/mol. The number of rotatable bonds is 2. The van der Waals surface area contributed by atoms with Gasteiger partial charge in [0.05, 0.1) is 11.4 Å². The third-order valence-corrected chi connectivity index (χ3v) is 4.64. The summed E-state index contributed by atoms with van der Waals surface area (Å²) in [6.45, 7) is 0. The minimum Gasteiger partial charge on any atom is -0.397 e. The Labute approximate surface area is 106 Å². The lowest BCUT2D eigenvalue weighted by molar-refractivity contribution is 0.624. The van der Waals surface area contributed by atoms with E-state index in [-0.39, 0.29) is 0 Å². The first-order valence-corrected chi connectivity index (χ1v) is 7.60. The molecular formula is C11H15BrN2OS. The molecule has 0 spiro atoms. The van der Waals surface area contributed by atoms with Crippen LogP contribution in [0.3, 0.4) is 0 Å². The van der Waals surface area contributed by atoms with Crippen molar-refractivity contribution in [2.75, 3.05) is 22.6 Å². The molecule has 1 aromatic carbocycles. The maximum Gasteiger partial charge on any atom is 0.0576 e. The van der Waals surface area contributed by atoms with Crippen LogP contribution in [-0.2, 0) is 10.8 Å². The molecule has 2 rings (SSSR count). The molecular weight excluding hydrogens is 288 g/mol. The summed E-state index contributed by atoms with van der Waals surface area (Å²) in [7, 11) is -0.607. The third-order valence-electron chi connectivity index (χ3n) is 2.76. The van der Waals surface area contributed by atoms with Crippen molar-refractivity contribution >= 4 is 38.1 Å². The molecule has 0 aromatic heterocycles. The second-order valence-electron chi connectivity index (χ2n) is 4.00. The van der Waals surface area contributed by atoms with E-state index in [1.54, 1.807) is 0 Å². The first-order valence-electron chi connectivity index (χ1n) is 5.31. The standard InChI is InChI=1S/C11H15BrN2OS/c12-8-1-2-11(10(13)7-8)14-9-3-5-16(15)6-4-9/h1-2,7,9,14H,3-6,13H2. The predicted molar refractivity (Wildman–Crippen MR) is 73.1 cm³/mol. The van der Waals surface area contributed by atoms with Crippen LogP contribution in [0.2, 0.25) is 0 Å². The number of nitrogens with two attached hydrogens (primary N) is 1. The molecule has 1 fully saturated rings. The molecule has 1 aliphatic heterocycles. The van der Waals surface area contributed by atoms with Crippen LogP contribution in [0, 0.1) is 0 Å². The molecule has 5 heteroatoms. The Hall–Kier alpha value is -0.550. The minimum atomic E-state index is -0.607. The molecule has 0 atom stereocenters. The van der Waals surface area contributed by atoms with Gasteiger partial charge in [-0.2, -0.15) is 0 Å². The molecule has 1 saturated heterocycles. The molecule has 3 nitrogen and oxygen atoms in total. The van der Waals surface area contributed by atoms with Crippen molar-refractivity contribution in [3.63, 3.8) is 0 Å². The van der Waals surface area contributed by atoms with Gasteiger partial charge in [-0.05, 0) is 31.0 Å². The number of hydrogen-bond acceptors (Lipinski definition) is 3. The average molecular weight is 303 g/mol. The van der Waals surface area contributed by atoms with Crippen LogP contribution in [0.5, 0.6) is 0 Å². The van der Waals surface area contributed by atoms with Crippen LogP contribution < -0.4 is 11.1 Å². The quantitative estimate of drug-likeness (QED) is 0.825. The fraction of sp³-hybridized carbons (Fsp3) is 0.455. The summed E-state index contributed by atoms with van der Waals surface area (Å²) in [5.74, 6) is 1.60. The van der Waals surface area contributed by atoms with Crippen molar-refractivity contribution in [2.45, 2.75) is 18.9 Å². The van der Waals surface area contributed by atoms with Crippen LogP contribution >= 0.6 is 15.9 Å². The van der Waals surface area contributed by atoms with E-state index in [1.807, 2.05) is 18.2 Å². The molecule has 1 aromatic rings. The van der Waals surface area contributed by atoms with E-state index < -0.39 is 10.8 Å². The summed E-state index contributed by atoms with van der Waals surface area (Å²) in [6.07, 6.45) is 1.92. The van der Waals surface area contributed by atoms with E-state index in [1.165, 1.54) is 0 Å². The second kappa shape index (κ2) is 5.19. The van der Waals surface area contributed by atoms with Gasteiger partial charge in [0.15, 0.2) is 0 Å². The van der Waals surface area contributed by atoms with E-state index >= 15 is 0 Å². The lowest BCUT2D eigenvalue weighted by Crippen LogP contribution is -2.29. The van der Waals surface area contributed by atoms with E-state index in [9.17, 15) is 4.21 Å². The summed E-state index contributed by atoms with van der Waals surface area (Å²) in [6, 6.07) is 6.25. The van der Waals surface area contributed by atoms with Crippen LogP contribution in [-0.4, -0.2) is 21.8 Å². The van der Waals surface area contributed by atoms with Gasteiger partial charge < -0.3 is 11.1 Å². The molecule has 88 valence electrons. The van der Waals surface area contributed by atoms with Crippen molar-refractivity contribution in [1.29, 1.82) is 0 Å². The summed E-state index contributed by atoms with van der Waals surface area (Å²) in [5.41, 5.74) is 7.64. The number of nitrogens with one attached hydrogen (secondary N) is 1. The molecule has 3 N–H and O–H groups in total. The normalized spacial score (nSPS) is 25.3. The van der Waals surface area contributed by atoms with Gasteiger partial charge in [-0.3, -0.25) is 4.21 Å². The van der Waals surface area contributed by atoms with Crippen molar-refractivity contribution in [3.05, 3.63) is 22.7 Å². The lowest BCUT2D eigenvalue weighted by atomic mass is 10.1. The SMILES string of the molecule is Nc1cc(Br)ccc1NC1CCS(=O)CC1. The lowest BCUT2D eigenvalue weighted by Gasteiger charge is -2.24. The van der Waals surface area contributed by atoms with E-state index in [4.69, 9.17) is 5.73 Å². The van der Waals surface area contributed by atoms with E-state index in [0.29, 0.717) is 6.04 Å². The van der Waals surface area contributed by atoms with Gasteiger partial charge >= 0.3 is 0 Å². The predicted octanol–water partition coefficient (Wildman–Crippen LogP) is 2.35. The van der Waals surface area contributed by atoms with Gasteiger partial charge in [-0.25, -0.2) is 0 Å². The zero-order chi connectivity index (χ0) is 11.5. The fourth-order valence-electron chi connectivity index (χ4n) is 1.82. The highest BCUT2D eigenvalue weighted by molar-refractivity contribution is 9.10. The zero-order valence-electron chi connectivity index (χ0n) is 8.91. The highest BCUT2D eigenvalue weighted by atomic mass is 79.9. The maximum absolute atomic E-state index is 11.2. The molecule has 0 saturated carbocycles. The highest BCUT2D eigenvalue weighted by Crippen LogP contribution is 2.25. The zero-order valence-corrected chi connectivity index (χ0v) is 11.3. The number of halogens is 1. The minimum absolute atomic E-state index is 0.404. The molecule has 0 radical (unpaired) electrons. The maximum atomic E-state index is 11.2. The summed E-state index contributed by atoms with van der Waals surface area (Å²) in [4.78, 5) is 0. The van der Waals surface area contributed by atoms with Gasteiger partial charge in [-0.15, -0.1) is 0 Å². The molecule has 0 aliphatic carbocycles. The van der Waals surface area contributed by atoms with Crippen molar-refractivity contribution in [1.82, 2.24) is 0 Å². The summed E-state index contributed by atoms with van der Waals surface area (Å²) in [5, 5.41) is 3.42. The fourth-order valence-corrected chi connectivity index (χ4v) is 3.50. The average Bonchev–Trinajstić information content (AvgIpc) is 2.25. The van der Waals surface area contributed by atoms with Gasteiger partial charge in [0, 0.05) is 32.8 Å². The van der Waals surface area contributed by atoms with Gasteiger partial charge in [-0.1, -0.05) is 15.9 Å². The van der Waals surface area contributed by atoms with Gasteiger partial charge in [0.25, 0.3) is 0 Å². The Morgan fingerprint density at radius 2 is 2.06 bits per heavy atom. The number of nitrogen functional groups attached to an aromatic ring is 1. The largest absolute Gasteiger partial charge is 0.397 e. The first-order chi connectivity index (χ1) is 7.65. The van der Waals surface area contributed by atoms with E-state index in [2.05, 4.69) is 21.2 Å². The van der Waals surface area contributed by atoms with Crippen molar-refractivity contribution < 1.29 is 4.21 Å². The Balaban J connectivity index is 2.01. The Morgan fingerprint density at radius 3 is 2.69 bits per heavy atom. The van der Waals surface area contributed by atoms with Crippen molar-refractivity contribution in [3.8, 4) is 0 Å². The molecule has 0 bridgehead atoms. The van der Waals surface area contributed by atoms with Crippen LogP contribution in [0.1, 0.15) is 12.8 Å². The molecule has 16 heavy (non-hydrogen) atoms. The summed E-state index contributed by atoms with van der Waals surface area (Å²) < 4.78 is 12.2.